The normalized spacial score (nSPS) is 32.0. The molecule has 0 spiro atoms. The third-order valence-corrected chi connectivity index (χ3v) is 4.87. The first-order chi connectivity index (χ1) is 9.34. The van der Waals surface area contributed by atoms with Crippen LogP contribution in [0.4, 0.5) is 0 Å². The lowest BCUT2D eigenvalue weighted by Gasteiger charge is -2.40. The van der Waals surface area contributed by atoms with Gasteiger partial charge in [-0.15, -0.1) is 0 Å². The van der Waals surface area contributed by atoms with Gasteiger partial charge in [-0.2, -0.15) is 0 Å². The molecular weight excluding hydrogens is 256 g/mol. The summed E-state index contributed by atoms with van der Waals surface area (Å²) in [5.41, 5.74) is -0.417. The Labute approximate surface area is 121 Å². The highest BCUT2D eigenvalue weighted by Crippen LogP contribution is 2.39. The van der Waals surface area contributed by atoms with Gasteiger partial charge < -0.3 is 20.5 Å². The minimum absolute atomic E-state index is 0.0252. The summed E-state index contributed by atoms with van der Waals surface area (Å²) in [7, 11) is 1.67. The summed E-state index contributed by atoms with van der Waals surface area (Å²) in [6, 6.07) is -0.191. The zero-order valence-electron chi connectivity index (χ0n) is 12.9. The molecule has 1 aliphatic carbocycles. The number of methoxy groups -OCH3 is 1. The van der Waals surface area contributed by atoms with Gasteiger partial charge in [-0.25, -0.2) is 0 Å². The Morgan fingerprint density at radius 1 is 1.35 bits per heavy atom. The van der Waals surface area contributed by atoms with Crippen LogP contribution in [0.1, 0.15) is 46.0 Å². The molecule has 2 fully saturated rings. The molecular formula is C15H28N2O3. The Morgan fingerprint density at radius 3 is 2.55 bits per heavy atom. The molecule has 1 saturated heterocycles. The molecule has 2 rings (SSSR count). The third kappa shape index (κ3) is 3.93. The molecule has 0 aromatic rings. The van der Waals surface area contributed by atoms with E-state index in [1.807, 2.05) is 0 Å². The van der Waals surface area contributed by atoms with E-state index in [0.717, 1.165) is 25.7 Å². The summed E-state index contributed by atoms with van der Waals surface area (Å²) in [6.07, 6.45) is 4.36. The average molecular weight is 284 g/mol. The van der Waals surface area contributed by atoms with Gasteiger partial charge in [0.15, 0.2) is 0 Å². The Hall–Kier alpha value is -0.650. The fraction of sp³-hybridized carbons (Fsp3) is 0.933. The highest BCUT2D eigenvalue weighted by atomic mass is 16.5. The first-order valence-corrected chi connectivity index (χ1v) is 7.60. The number of amides is 1. The number of hydrogen-bond acceptors (Lipinski definition) is 4. The van der Waals surface area contributed by atoms with Crippen molar-refractivity contribution in [3.8, 4) is 0 Å². The van der Waals surface area contributed by atoms with E-state index in [0.29, 0.717) is 24.9 Å². The molecule has 1 aliphatic heterocycles. The van der Waals surface area contributed by atoms with Crippen molar-refractivity contribution >= 4 is 5.91 Å². The molecule has 5 nitrogen and oxygen atoms in total. The molecule has 2 aliphatic rings. The SMILES string of the molecule is COC1CNC(C(=O)NCC2(O)CCC(C)(C)CC2)C1. The van der Waals surface area contributed by atoms with Crippen LogP contribution in [0.2, 0.25) is 0 Å². The van der Waals surface area contributed by atoms with E-state index in [1.54, 1.807) is 7.11 Å². The van der Waals surface area contributed by atoms with Crippen molar-refractivity contribution in [3.63, 3.8) is 0 Å². The molecule has 0 aromatic heterocycles. The first kappa shape index (κ1) is 15.7. The van der Waals surface area contributed by atoms with Crippen LogP contribution in [0.3, 0.4) is 0 Å². The maximum absolute atomic E-state index is 12.1. The third-order valence-electron chi connectivity index (χ3n) is 4.87. The number of ether oxygens (including phenoxy) is 1. The lowest BCUT2D eigenvalue weighted by Crippen LogP contribution is -2.50. The molecule has 0 aromatic carbocycles. The topological polar surface area (TPSA) is 70.6 Å². The van der Waals surface area contributed by atoms with Crippen molar-refractivity contribution in [2.45, 2.75) is 63.7 Å². The maximum atomic E-state index is 12.1. The summed E-state index contributed by atoms with van der Waals surface area (Å²) < 4.78 is 5.24. The van der Waals surface area contributed by atoms with Gasteiger partial charge in [0, 0.05) is 20.2 Å². The number of carbonyl (C=O) groups excluding carboxylic acids is 1. The van der Waals surface area contributed by atoms with Crippen molar-refractivity contribution in [3.05, 3.63) is 0 Å². The number of carbonyl (C=O) groups is 1. The van der Waals surface area contributed by atoms with E-state index in [1.165, 1.54) is 0 Å². The van der Waals surface area contributed by atoms with Gasteiger partial charge in [0.25, 0.3) is 0 Å². The smallest absolute Gasteiger partial charge is 0.237 e. The second-order valence-corrected chi connectivity index (χ2v) is 7.16. The number of aliphatic hydroxyl groups is 1. The van der Waals surface area contributed by atoms with Crippen LogP contribution in [0.5, 0.6) is 0 Å². The summed E-state index contributed by atoms with van der Waals surface area (Å²) in [5.74, 6) is -0.0252. The number of nitrogens with one attached hydrogen (secondary N) is 2. The lowest BCUT2D eigenvalue weighted by molar-refractivity contribution is -0.124. The zero-order valence-corrected chi connectivity index (χ0v) is 12.9. The van der Waals surface area contributed by atoms with Crippen molar-refractivity contribution < 1.29 is 14.6 Å². The monoisotopic (exact) mass is 284 g/mol. The number of hydrogen-bond donors (Lipinski definition) is 3. The van der Waals surface area contributed by atoms with Gasteiger partial charge in [-0.3, -0.25) is 4.79 Å². The van der Waals surface area contributed by atoms with Gasteiger partial charge in [0.2, 0.25) is 5.91 Å². The Kier molecular flexibility index (Phi) is 4.72. The minimum atomic E-state index is -0.732. The molecule has 2 unspecified atom stereocenters. The Morgan fingerprint density at radius 2 is 2.00 bits per heavy atom. The Bertz CT molecular complexity index is 347. The summed E-state index contributed by atoms with van der Waals surface area (Å²) in [4.78, 5) is 12.1. The fourth-order valence-corrected chi connectivity index (χ4v) is 3.03. The predicted octanol–water partition coefficient (Wildman–Crippen LogP) is 0.811. The van der Waals surface area contributed by atoms with Crippen LogP contribution in [0.15, 0.2) is 0 Å². The molecule has 1 heterocycles. The highest BCUT2D eigenvalue weighted by Gasteiger charge is 2.37. The summed E-state index contributed by atoms with van der Waals surface area (Å²) in [6.45, 7) is 5.54. The zero-order chi connectivity index (χ0) is 14.8. The van der Waals surface area contributed by atoms with Gasteiger partial charge >= 0.3 is 0 Å². The largest absolute Gasteiger partial charge is 0.388 e. The van der Waals surface area contributed by atoms with Crippen LogP contribution < -0.4 is 10.6 Å². The predicted molar refractivity (Wildman–Crippen MR) is 77.4 cm³/mol. The fourth-order valence-electron chi connectivity index (χ4n) is 3.03. The minimum Gasteiger partial charge on any atom is -0.388 e. The summed E-state index contributed by atoms with van der Waals surface area (Å²) in [5, 5.41) is 16.6. The first-order valence-electron chi connectivity index (χ1n) is 7.60. The van der Waals surface area contributed by atoms with E-state index >= 15 is 0 Å². The maximum Gasteiger partial charge on any atom is 0.237 e. The van der Waals surface area contributed by atoms with Crippen molar-refractivity contribution in [2.24, 2.45) is 5.41 Å². The van der Waals surface area contributed by atoms with Crippen LogP contribution >= 0.6 is 0 Å². The highest BCUT2D eigenvalue weighted by molar-refractivity contribution is 5.82. The van der Waals surface area contributed by atoms with Crippen LogP contribution in [-0.4, -0.2) is 49.0 Å². The number of rotatable bonds is 4. The quantitative estimate of drug-likeness (QED) is 0.714. The van der Waals surface area contributed by atoms with Gasteiger partial charge in [0.05, 0.1) is 17.7 Å². The van der Waals surface area contributed by atoms with E-state index in [4.69, 9.17) is 4.74 Å². The second kappa shape index (κ2) is 6.00. The van der Waals surface area contributed by atoms with E-state index < -0.39 is 5.60 Å². The van der Waals surface area contributed by atoms with E-state index in [-0.39, 0.29) is 18.1 Å². The van der Waals surface area contributed by atoms with Crippen LogP contribution in [0, 0.1) is 5.41 Å². The molecule has 1 amide bonds. The molecule has 116 valence electrons. The van der Waals surface area contributed by atoms with Crippen LogP contribution in [0.25, 0.3) is 0 Å². The Balaban J connectivity index is 1.76. The standard InChI is InChI=1S/C15H28N2O3/c1-14(2)4-6-15(19,7-5-14)10-17-13(18)12-8-11(20-3)9-16-12/h11-12,16,19H,4-10H2,1-3H3,(H,17,18). The van der Waals surface area contributed by atoms with E-state index in [9.17, 15) is 9.90 Å². The second-order valence-electron chi connectivity index (χ2n) is 7.16. The van der Waals surface area contributed by atoms with Gasteiger partial charge in [0.1, 0.15) is 0 Å². The molecule has 1 saturated carbocycles. The molecule has 5 heteroatoms. The molecule has 3 N–H and O–H groups in total. The van der Waals surface area contributed by atoms with Crippen molar-refractivity contribution in [1.29, 1.82) is 0 Å². The van der Waals surface area contributed by atoms with Gasteiger partial charge in [-0.05, 0) is 37.5 Å². The van der Waals surface area contributed by atoms with E-state index in [2.05, 4.69) is 24.5 Å². The van der Waals surface area contributed by atoms with Gasteiger partial charge in [-0.1, -0.05) is 13.8 Å². The summed E-state index contributed by atoms with van der Waals surface area (Å²) >= 11 is 0. The van der Waals surface area contributed by atoms with Crippen molar-refractivity contribution in [2.75, 3.05) is 20.2 Å². The average Bonchev–Trinajstić information content (AvgIpc) is 2.89. The molecule has 0 bridgehead atoms. The van der Waals surface area contributed by atoms with Crippen LogP contribution in [-0.2, 0) is 9.53 Å². The van der Waals surface area contributed by atoms with Crippen molar-refractivity contribution in [1.82, 2.24) is 10.6 Å². The lowest BCUT2D eigenvalue weighted by atomic mass is 9.71. The molecule has 0 radical (unpaired) electrons. The molecule has 20 heavy (non-hydrogen) atoms. The molecule has 2 atom stereocenters.